The number of nitrogens with zero attached hydrogens (tertiary/aromatic N) is 2. The molecule has 2 saturated heterocycles. The van der Waals surface area contributed by atoms with E-state index in [2.05, 4.69) is 5.32 Å². The Labute approximate surface area is 170 Å². The summed E-state index contributed by atoms with van der Waals surface area (Å²) in [6.45, 7) is 3.68. The van der Waals surface area contributed by atoms with Crippen LogP contribution in [-0.4, -0.2) is 61.9 Å². The fraction of sp³-hybridized carbons (Fsp3) is 0.700. The summed E-state index contributed by atoms with van der Waals surface area (Å²) in [5.41, 5.74) is 6.08. The second-order valence-electron chi connectivity index (χ2n) is 3.44. The molecule has 2 rings (SSSR count). The second kappa shape index (κ2) is 19.4. The van der Waals surface area contributed by atoms with Gasteiger partial charge in [0.05, 0.1) is 0 Å². The fourth-order valence-corrected chi connectivity index (χ4v) is 0.815. The Hall–Kier alpha value is 0.378. The van der Waals surface area contributed by atoms with E-state index in [0.29, 0.717) is 0 Å². The fourth-order valence-electron chi connectivity index (χ4n) is 0.815. The molecule has 10 heteroatoms. The third-order valence-corrected chi connectivity index (χ3v) is 2.20. The molecule has 8 nitrogen and oxygen atoms in total. The maximum Gasteiger partial charge on any atom is 0.149 e. The van der Waals surface area contributed by atoms with Gasteiger partial charge in [0.1, 0.15) is 6.03 Å². The van der Waals surface area contributed by atoms with E-state index in [0.717, 1.165) is 39.0 Å². The van der Waals surface area contributed by atoms with Gasteiger partial charge in [0.25, 0.3) is 0 Å². The molecule has 0 unspecified atom stereocenters. The van der Waals surface area contributed by atoms with Gasteiger partial charge in [-0.3, -0.25) is 4.79 Å². The number of hydrogen-bond acceptors (Lipinski definition) is 3. The molecule has 2 heterocycles. The van der Waals surface area contributed by atoms with Crippen molar-refractivity contribution in [3.63, 3.8) is 0 Å². The molecule has 2 aliphatic heterocycles. The molecule has 2 fully saturated rings. The summed E-state index contributed by atoms with van der Waals surface area (Å²) in [7, 11) is 1.41. The molecular weight excluding hydrogens is 416 g/mol. The number of amides is 4. The number of nitrogens with two attached hydrogens (primary N) is 1. The van der Waals surface area contributed by atoms with Crippen LogP contribution < -0.4 is 5.32 Å². The van der Waals surface area contributed by atoms with E-state index in [4.69, 9.17) is 5.73 Å². The van der Waals surface area contributed by atoms with E-state index in [1.807, 2.05) is 0 Å². The van der Waals surface area contributed by atoms with Crippen molar-refractivity contribution in [2.45, 2.75) is 12.8 Å². The number of likely N-dealkylation sites (tertiary alicyclic amines) is 2. The van der Waals surface area contributed by atoms with Crippen molar-refractivity contribution in [1.29, 1.82) is 0 Å². The minimum Gasteiger partial charge on any atom is -0.693 e. The van der Waals surface area contributed by atoms with Gasteiger partial charge >= 0.3 is 0 Å². The molecule has 20 heavy (non-hydrogen) atoms. The predicted molar refractivity (Wildman–Crippen MR) is 67.8 cm³/mol. The maximum atomic E-state index is 9.59. The number of hydrogen-bond donors (Lipinski definition) is 1. The summed E-state index contributed by atoms with van der Waals surface area (Å²) >= 11 is 0. The number of urea groups is 1. The Bertz CT molecular complexity index is 233. The van der Waals surface area contributed by atoms with Crippen LogP contribution in [0.4, 0.5) is 4.79 Å². The first-order chi connectivity index (χ1) is 8.13. The van der Waals surface area contributed by atoms with Gasteiger partial charge in [-0.25, -0.2) is 0 Å². The van der Waals surface area contributed by atoms with E-state index >= 15 is 0 Å². The minimum absolute atomic E-state index is 0. The zero-order valence-corrected chi connectivity index (χ0v) is 17.3. The van der Waals surface area contributed by atoms with Crippen molar-refractivity contribution in [3.05, 3.63) is 11.9 Å². The van der Waals surface area contributed by atoms with Gasteiger partial charge in [0.15, 0.2) is 0 Å². The topological polar surface area (TPSA) is 127 Å². The molecule has 0 atom stereocenters. The summed E-state index contributed by atoms with van der Waals surface area (Å²) in [5, 5.41) is 2.06. The smallest absolute Gasteiger partial charge is 0.149 e. The molecule has 4 amide bonds. The normalized spacial score (nSPS) is 13.4. The molecule has 2 aliphatic rings. The average molecular weight is 435 g/mol. The van der Waals surface area contributed by atoms with Crippen molar-refractivity contribution >= 4 is 18.9 Å². The van der Waals surface area contributed by atoms with Crippen molar-refractivity contribution in [2.24, 2.45) is 0 Å². The third kappa shape index (κ3) is 16.4. The Morgan fingerprint density at radius 3 is 1.25 bits per heavy atom. The van der Waals surface area contributed by atoms with Crippen LogP contribution in [-0.2, 0) is 75.0 Å². The minimum atomic E-state index is -0.745. The van der Waals surface area contributed by atoms with Crippen molar-refractivity contribution in [3.8, 4) is 0 Å². The van der Waals surface area contributed by atoms with Crippen LogP contribution in [0.25, 0.3) is 11.9 Å². The molecular formula is C10H19N5O3Y2-4. The standard InChI is InChI=1S/2C4H6NO.C2H6N2O.H2N.2Y/c2*6-4-5-2-1-3-5;1-4-2(3)5;;;/h2*1-3H2;1H3,(H3,3,4,5);1H2;;/q2*-1;;-1;;/p-1. The number of carbonyl (C=O) groups is 1. The first kappa shape index (κ1) is 28.5. The van der Waals surface area contributed by atoms with Crippen LogP contribution in [0.2, 0.25) is 0 Å². The van der Waals surface area contributed by atoms with E-state index in [-0.39, 0.29) is 71.6 Å². The molecule has 0 aromatic heterocycles. The number of rotatable bonds is 2. The maximum absolute atomic E-state index is 9.59. The van der Waals surface area contributed by atoms with Crippen molar-refractivity contribution < 1.29 is 79.8 Å². The van der Waals surface area contributed by atoms with Gasteiger partial charge in [0, 0.05) is 65.4 Å². The first-order valence-electron chi connectivity index (χ1n) is 5.32. The van der Waals surface area contributed by atoms with Crippen LogP contribution in [0.5, 0.6) is 0 Å². The zero-order chi connectivity index (χ0) is 13.1. The number of nitrogens with one attached hydrogen (secondary N) is 2. The van der Waals surface area contributed by atoms with Crippen LogP contribution in [0, 0.1) is 0 Å². The summed E-state index contributed by atoms with van der Waals surface area (Å²) in [6, 6.07) is -0.745. The largest absolute Gasteiger partial charge is 0.693 e. The summed E-state index contributed by atoms with van der Waals surface area (Å²) in [4.78, 5) is 31.8. The van der Waals surface area contributed by atoms with Gasteiger partial charge in [-0.1, -0.05) is 7.05 Å². The van der Waals surface area contributed by atoms with Gasteiger partial charge in [-0.05, 0) is 39.0 Å². The monoisotopic (exact) mass is 435 g/mol. The zero-order valence-electron chi connectivity index (χ0n) is 11.6. The van der Waals surface area contributed by atoms with Gasteiger partial charge in [-0.2, -0.15) is 12.8 Å². The van der Waals surface area contributed by atoms with E-state index in [1.54, 1.807) is 22.6 Å². The van der Waals surface area contributed by atoms with Crippen LogP contribution in [0.1, 0.15) is 12.8 Å². The molecule has 0 saturated carbocycles. The first-order valence-corrected chi connectivity index (χ1v) is 5.32. The molecule has 4 N–H and O–H groups in total. The SMILES string of the molecule is CNC([NH-])=O.O=[C-]N1CCC1.O=[C-]N1CCC1.[NH2-].[Y].[Y]. The number of carbonyl (C=O) groups excluding carboxylic acids is 3. The molecule has 112 valence electrons. The van der Waals surface area contributed by atoms with Crippen molar-refractivity contribution in [1.82, 2.24) is 15.1 Å². The Morgan fingerprint density at radius 2 is 1.25 bits per heavy atom. The van der Waals surface area contributed by atoms with E-state index < -0.39 is 6.03 Å². The van der Waals surface area contributed by atoms with Crippen LogP contribution in [0.15, 0.2) is 0 Å². The van der Waals surface area contributed by atoms with E-state index in [9.17, 15) is 14.4 Å². The molecule has 0 spiro atoms. The molecule has 0 aliphatic carbocycles. The van der Waals surface area contributed by atoms with Gasteiger partial charge in [0.2, 0.25) is 0 Å². The second-order valence-corrected chi connectivity index (χ2v) is 3.44. The molecule has 0 aromatic carbocycles. The molecule has 2 radical (unpaired) electrons. The summed E-state index contributed by atoms with van der Waals surface area (Å²) in [6.07, 6.45) is 5.89. The van der Waals surface area contributed by atoms with Crippen LogP contribution in [0.3, 0.4) is 0 Å². The molecule has 0 aromatic rings. The molecule has 0 bridgehead atoms. The Kier molecular flexibility index (Phi) is 27.6. The predicted octanol–water partition coefficient (Wildman–Crippen LogP) is 0.609. The van der Waals surface area contributed by atoms with E-state index in [1.165, 1.54) is 7.05 Å². The Balaban J connectivity index is -0.0000000899. The van der Waals surface area contributed by atoms with Gasteiger partial charge < -0.3 is 36.6 Å². The quantitative estimate of drug-likeness (QED) is 0.639. The average Bonchev–Trinajstić information content (AvgIpc) is 2.16. The van der Waals surface area contributed by atoms with Crippen molar-refractivity contribution in [2.75, 3.05) is 33.2 Å². The Morgan fingerprint density at radius 1 is 1.00 bits per heavy atom. The third-order valence-electron chi connectivity index (χ3n) is 2.20. The summed E-state index contributed by atoms with van der Waals surface area (Å²) < 4.78 is 0. The van der Waals surface area contributed by atoms with Gasteiger partial charge in [-0.15, -0.1) is 0 Å². The summed E-state index contributed by atoms with van der Waals surface area (Å²) in [5.74, 6) is 0. The van der Waals surface area contributed by atoms with Crippen LogP contribution >= 0.6 is 0 Å².